The van der Waals surface area contributed by atoms with E-state index in [0.29, 0.717) is 18.5 Å². The zero-order valence-electron chi connectivity index (χ0n) is 10.1. The molecule has 0 saturated carbocycles. The monoisotopic (exact) mass is 275 g/mol. The van der Waals surface area contributed by atoms with E-state index in [1.807, 2.05) is 0 Å². The van der Waals surface area contributed by atoms with Gasteiger partial charge in [0.15, 0.2) is 0 Å². The minimum atomic E-state index is -0.132. The van der Waals surface area contributed by atoms with Gasteiger partial charge in [0.25, 0.3) is 5.91 Å². The Labute approximate surface area is 114 Å². The molecule has 0 aliphatic rings. The second kappa shape index (κ2) is 6.73. The topological polar surface area (TPSA) is 78.0 Å². The van der Waals surface area contributed by atoms with Crippen molar-refractivity contribution in [1.82, 2.24) is 15.5 Å². The van der Waals surface area contributed by atoms with Crippen LogP contribution >= 0.6 is 11.3 Å². The van der Waals surface area contributed by atoms with Crippen molar-refractivity contribution >= 4 is 17.2 Å². The van der Waals surface area contributed by atoms with Gasteiger partial charge >= 0.3 is 0 Å². The van der Waals surface area contributed by atoms with Crippen LogP contribution in [0.4, 0.5) is 0 Å². The third-order valence-electron chi connectivity index (χ3n) is 2.32. The molecule has 2 rings (SSSR count). The first-order valence-corrected chi connectivity index (χ1v) is 6.61. The maximum atomic E-state index is 11.9. The average molecular weight is 275 g/mol. The maximum Gasteiger partial charge on any atom is 0.252 e. The molecule has 0 saturated heterocycles. The van der Waals surface area contributed by atoms with Crippen LogP contribution in [0.3, 0.4) is 0 Å². The highest BCUT2D eigenvalue weighted by molar-refractivity contribution is 7.10. The van der Waals surface area contributed by atoms with Crippen LogP contribution in [0, 0.1) is 11.8 Å². The lowest BCUT2D eigenvalue weighted by Gasteiger charge is -2.00. The highest BCUT2D eigenvalue weighted by Gasteiger charge is 2.07. The number of carbonyl (C=O) groups excluding carboxylic acids is 1. The second-order valence-corrected chi connectivity index (χ2v) is 4.68. The van der Waals surface area contributed by atoms with Crippen molar-refractivity contribution in [3.8, 4) is 11.8 Å². The molecule has 2 aromatic heterocycles. The van der Waals surface area contributed by atoms with E-state index in [1.165, 1.54) is 11.3 Å². The van der Waals surface area contributed by atoms with Gasteiger partial charge in [-0.3, -0.25) is 9.89 Å². The molecule has 0 atom stereocenters. The molecule has 2 heterocycles. The molecule has 1 amide bonds. The van der Waals surface area contributed by atoms with Gasteiger partial charge in [-0.2, -0.15) is 5.10 Å². The van der Waals surface area contributed by atoms with Crippen LogP contribution in [0.2, 0.25) is 0 Å². The van der Waals surface area contributed by atoms with Crippen molar-refractivity contribution in [3.63, 3.8) is 0 Å². The van der Waals surface area contributed by atoms with Gasteiger partial charge in [0.2, 0.25) is 0 Å². The third-order valence-corrected chi connectivity index (χ3v) is 3.16. The van der Waals surface area contributed by atoms with Crippen LogP contribution in [0.15, 0.2) is 23.8 Å². The van der Waals surface area contributed by atoms with Crippen molar-refractivity contribution in [1.29, 1.82) is 0 Å². The molecule has 0 radical (unpaired) electrons. The Balaban J connectivity index is 1.91. The summed E-state index contributed by atoms with van der Waals surface area (Å²) in [4.78, 5) is 12.7. The number of H-pyrrole nitrogens is 1. The van der Waals surface area contributed by atoms with Gasteiger partial charge in [-0.1, -0.05) is 11.8 Å². The number of aliphatic hydroxyl groups excluding tert-OH is 1. The first-order chi connectivity index (χ1) is 9.29. The first kappa shape index (κ1) is 13.3. The number of aliphatic hydroxyl groups is 1. The molecule has 0 bridgehead atoms. The average Bonchev–Trinajstić information content (AvgIpc) is 3.07. The van der Waals surface area contributed by atoms with Gasteiger partial charge in [0, 0.05) is 30.1 Å². The van der Waals surface area contributed by atoms with Crippen molar-refractivity contribution in [2.24, 2.45) is 0 Å². The number of nitrogens with zero attached hydrogens (tertiary/aromatic N) is 1. The summed E-state index contributed by atoms with van der Waals surface area (Å²) < 4.78 is 0. The fourth-order valence-corrected chi connectivity index (χ4v) is 2.14. The Morgan fingerprint density at radius 3 is 3.21 bits per heavy atom. The Hall–Kier alpha value is -2.10. The van der Waals surface area contributed by atoms with Gasteiger partial charge in [0.05, 0.1) is 23.2 Å². The van der Waals surface area contributed by atoms with Crippen molar-refractivity contribution < 1.29 is 9.90 Å². The normalized spacial score (nSPS) is 9.74. The highest BCUT2D eigenvalue weighted by atomic mass is 32.1. The number of carbonyl (C=O) groups is 1. The van der Waals surface area contributed by atoms with Crippen molar-refractivity contribution in [2.45, 2.75) is 13.0 Å². The molecule has 0 unspecified atom stereocenters. The number of hydrogen-bond donors (Lipinski definition) is 3. The van der Waals surface area contributed by atoms with E-state index in [1.54, 1.807) is 23.8 Å². The number of nitrogens with one attached hydrogen (secondary N) is 2. The molecule has 3 N–H and O–H groups in total. The Morgan fingerprint density at radius 2 is 2.47 bits per heavy atom. The van der Waals surface area contributed by atoms with Crippen LogP contribution in [0.25, 0.3) is 0 Å². The largest absolute Gasteiger partial charge is 0.395 e. The van der Waals surface area contributed by atoms with Crippen molar-refractivity contribution in [2.75, 3.05) is 6.61 Å². The SMILES string of the molecule is O=C(NCc1cn[nH]c1)c1csc(C#CCCO)c1. The number of thiophene rings is 1. The molecule has 5 nitrogen and oxygen atoms in total. The third kappa shape index (κ3) is 3.95. The lowest BCUT2D eigenvalue weighted by Crippen LogP contribution is -2.21. The van der Waals surface area contributed by atoms with E-state index in [0.717, 1.165) is 10.4 Å². The number of amides is 1. The van der Waals surface area contributed by atoms with Crippen LogP contribution in [0.1, 0.15) is 27.2 Å². The molecule has 0 aliphatic carbocycles. The van der Waals surface area contributed by atoms with Crippen LogP contribution in [-0.2, 0) is 6.54 Å². The fourth-order valence-electron chi connectivity index (χ4n) is 1.39. The van der Waals surface area contributed by atoms with E-state index in [9.17, 15) is 4.79 Å². The summed E-state index contributed by atoms with van der Waals surface area (Å²) >= 11 is 1.42. The van der Waals surface area contributed by atoms with Crippen LogP contribution in [0.5, 0.6) is 0 Å². The minimum absolute atomic E-state index is 0.0520. The summed E-state index contributed by atoms with van der Waals surface area (Å²) in [5.41, 5.74) is 1.52. The van der Waals surface area contributed by atoms with E-state index >= 15 is 0 Å². The highest BCUT2D eigenvalue weighted by Crippen LogP contribution is 2.13. The lowest BCUT2D eigenvalue weighted by molar-refractivity contribution is 0.0951. The summed E-state index contributed by atoms with van der Waals surface area (Å²) in [7, 11) is 0. The number of hydrogen-bond acceptors (Lipinski definition) is 4. The summed E-state index contributed by atoms with van der Waals surface area (Å²) in [5, 5.41) is 19.7. The Bertz CT molecular complexity index is 593. The van der Waals surface area contributed by atoms with E-state index in [2.05, 4.69) is 27.4 Å². The molecule has 0 aliphatic heterocycles. The molecule has 98 valence electrons. The predicted molar refractivity (Wildman–Crippen MR) is 72.7 cm³/mol. The fraction of sp³-hybridized carbons (Fsp3) is 0.231. The Kier molecular flexibility index (Phi) is 4.72. The van der Waals surface area contributed by atoms with E-state index in [-0.39, 0.29) is 12.5 Å². The molecule has 0 fully saturated rings. The minimum Gasteiger partial charge on any atom is -0.395 e. The standard InChI is InChI=1S/C13H13N3O2S/c17-4-2-1-3-12-5-11(9-19-12)13(18)14-6-10-7-15-16-8-10/h5,7-9,17H,2,4,6H2,(H,14,18)(H,15,16). The van der Waals surface area contributed by atoms with E-state index < -0.39 is 0 Å². The van der Waals surface area contributed by atoms with Crippen LogP contribution < -0.4 is 5.32 Å². The number of aromatic nitrogens is 2. The second-order valence-electron chi connectivity index (χ2n) is 3.76. The van der Waals surface area contributed by atoms with Gasteiger partial charge in [-0.25, -0.2) is 0 Å². The molecular formula is C13H13N3O2S. The molecule has 19 heavy (non-hydrogen) atoms. The number of aromatic amines is 1. The summed E-state index contributed by atoms with van der Waals surface area (Å²) in [6.07, 6.45) is 3.85. The summed E-state index contributed by atoms with van der Waals surface area (Å²) in [5.74, 6) is 5.60. The summed E-state index contributed by atoms with van der Waals surface area (Å²) in [6.45, 7) is 0.493. The molecular weight excluding hydrogens is 262 g/mol. The van der Waals surface area contributed by atoms with Gasteiger partial charge in [0.1, 0.15) is 0 Å². The van der Waals surface area contributed by atoms with E-state index in [4.69, 9.17) is 5.11 Å². The quantitative estimate of drug-likeness (QED) is 0.732. The first-order valence-electron chi connectivity index (χ1n) is 5.73. The van der Waals surface area contributed by atoms with Crippen LogP contribution in [-0.4, -0.2) is 27.8 Å². The lowest BCUT2D eigenvalue weighted by atomic mass is 10.2. The predicted octanol–water partition coefficient (Wildman–Crippen LogP) is 1.14. The summed E-state index contributed by atoms with van der Waals surface area (Å²) in [6, 6.07) is 1.75. The zero-order chi connectivity index (χ0) is 13.5. The van der Waals surface area contributed by atoms with Gasteiger partial charge in [-0.15, -0.1) is 11.3 Å². The molecule has 0 aromatic carbocycles. The Morgan fingerprint density at radius 1 is 1.58 bits per heavy atom. The zero-order valence-corrected chi connectivity index (χ0v) is 11.0. The molecule has 6 heteroatoms. The van der Waals surface area contributed by atoms with Gasteiger partial charge < -0.3 is 10.4 Å². The molecule has 2 aromatic rings. The smallest absolute Gasteiger partial charge is 0.252 e. The molecule has 0 spiro atoms. The van der Waals surface area contributed by atoms with Gasteiger partial charge in [-0.05, 0) is 6.07 Å². The maximum absolute atomic E-state index is 11.9. The number of rotatable bonds is 4. The van der Waals surface area contributed by atoms with Crippen molar-refractivity contribution in [3.05, 3.63) is 39.8 Å².